The van der Waals surface area contributed by atoms with E-state index in [-0.39, 0.29) is 5.56 Å². The van der Waals surface area contributed by atoms with Gasteiger partial charge in [-0.1, -0.05) is 0 Å². The number of carbonyl (C=O) groups is 1. The number of phenolic OH excluding ortho intramolecular Hbond substituents is 5. The number of ketones is 1. The molecule has 0 saturated carbocycles. The first-order valence-electron chi connectivity index (χ1n) is 6.42. The van der Waals surface area contributed by atoms with Crippen molar-refractivity contribution in [1.82, 2.24) is 0 Å². The summed E-state index contributed by atoms with van der Waals surface area (Å²) < 4.78 is 0. The third-order valence-electron chi connectivity index (χ3n) is 3.18. The lowest BCUT2D eigenvalue weighted by Crippen LogP contribution is -1.93. The average molecular weight is 334 g/mol. The highest BCUT2D eigenvalue weighted by molar-refractivity contribution is 7.98. The third-order valence-corrected chi connectivity index (χ3v) is 3.93. The average Bonchev–Trinajstić information content (AvgIpc) is 2.58. The molecule has 0 radical (unpaired) electrons. The van der Waals surface area contributed by atoms with Gasteiger partial charge in [0.05, 0.1) is 5.56 Å². The van der Waals surface area contributed by atoms with Crippen LogP contribution < -0.4 is 0 Å². The number of thioether (sulfide) groups is 1. The van der Waals surface area contributed by atoms with E-state index in [4.69, 9.17) is 0 Å². The Hall–Kier alpha value is -2.80. The van der Waals surface area contributed by atoms with Crippen molar-refractivity contribution in [3.8, 4) is 28.7 Å². The highest BCUT2D eigenvalue weighted by atomic mass is 32.2. The van der Waals surface area contributed by atoms with Crippen molar-refractivity contribution in [1.29, 1.82) is 0 Å². The molecule has 0 unspecified atom stereocenters. The Labute approximate surface area is 136 Å². The first kappa shape index (κ1) is 16.6. The molecule has 0 fully saturated rings. The van der Waals surface area contributed by atoms with Crippen LogP contribution in [0.2, 0.25) is 0 Å². The number of phenols is 5. The number of hydrogen-bond acceptors (Lipinski definition) is 7. The molecule has 0 bridgehead atoms. The lowest BCUT2D eigenvalue weighted by molar-refractivity contribution is 0.104. The zero-order valence-electron chi connectivity index (χ0n) is 12.0. The molecule has 0 amide bonds. The molecule has 6 nitrogen and oxygen atoms in total. The van der Waals surface area contributed by atoms with E-state index in [0.29, 0.717) is 5.56 Å². The molecule has 2 rings (SSSR count). The number of benzene rings is 2. The summed E-state index contributed by atoms with van der Waals surface area (Å²) in [5, 5.41) is 47.5. The smallest absolute Gasteiger partial charge is 0.208 e. The minimum Gasteiger partial charge on any atom is -0.504 e. The fourth-order valence-corrected chi connectivity index (χ4v) is 2.28. The molecule has 5 N–H and O–H groups in total. The molecule has 0 aliphatic rings. The molecular formula is C16H14O6S. The molecule has 2 aromatic carbocycles. The molecule has 0 spiro atoms. The van der Waals surface area contributed by atoms with Crippen LogP contribution in [0.25, 0.3) is 6.08 Å². The van der Waals surface area contributed by atoms with Gasteiger partial charge in [-0.15, -0.1) is 11.8 Å². The second-order valence-electron chi connectivity index (χ2n) is 4.58. The minimum atomic E-state index is -1.05. The van der Waals surface area contributed by atoms with Gasteiger partial charge in [-0.2, -0.15) is 0 Å². The highest BCUT2D eigenvalue weighted by Gasteiger charge is 2.21. The Bertz CT molecular complexity index is 751. The van der Waals surface area contributed by atoms with Gasteiger partial charge >= 0.3 is 0 Å². The summed E-state index contributed by atoms with van der Waals surface area (Å²) in [6, 6.07) is 6.81. The van der Waals surface area contributed by atoms with Crippen molar-refractivity contribution in [2.45, 2.75) is 4.90 Å². The van der Waals surface area contributed by atoms with E-state index in [2.05, 4.69) is 0 Å². The molecule has 0 aliphatic carbocycles. The summed E-state index contributed by atoms with van der Waals surface area (Å²) in [4.78, 5) is 13.0. The molecule has 2 aromatic rings. The van der Waals surface area contributed by atoms with Gasteiger partial charge in [0.2, 0.25) is 17.2 Å². The van der Waals surface area contributed by atoms with E-state index in [0.717, 1.165) is 17.0 Å². The quantitative estimate of drug-likeness (QED) is 0.192. The number of hydrogen-bond donors (Lipinski definition) is 5. The van der Waals surface area contributed by atoms with Gasteiger partial charge in [0.15, 0.2) is 17.3 Å². The number of allylic oxidation sites excluding steroid dienone is 1. The fraction of sp³-hybridized carbons (Fsp3) is 0.0625. The zero-order valence-corrected chi connectivity index (χ0v) is 12.8. The van der Waals surface area contributed by atoms with Crippen molar-refractivity contribution < 1.29 is 30.3 Å². The number of carbonyl (C=O) groups excluding carboxylic acids is 1. The first-order valence-corrected chi connectivity index (χ1v) is 7.64. The van der Waals surface area contributed by atoms with E-state index in [1.807, 2.05) is 6.26 Å². The zero-order chi connectivity index (χ0) is 17.1. The van der Waals surface area contributed by atoms with Gasteiger partial charge in [0, 0.05) is 10.5 Å². The van der Waals surface area contributed by atoms with Crippen molar-refractivity contribution in [2.75, 3.05) is 6.26 Å². The maximum Gasteiger partial charge on any atom is 0.208 e. The summed E-state index contributed by atoms with van der Waals surface area (Å²) in [5.74, 6) is -5.12. The normalized spacial score (nSPS) is 11.0. The van der Waals surface area contributed by atoms with E-state index >= 15 is 0 Å². The molecule has 0 aromatic heterocycles. The second-order valence-corrected chi connectivity index (χ2v) is 5.46. The van der Waals surface area contributed by atoms with Crippen LogP contribution in [-0.4, -0.2) is 37.6 Å². The molecule has 120 valence electrons. The molecular weight excluding hydrogens is 320 g/mol. The Balaban J connectivity index is 2.34. The topological polar surface area (TPSA) is 118 Å². The summed E-state index contributed by atoms with van der Waals surface area (Å²) in [6.45, 7) is 0. The molecule has 23 heavy (non-hydrogen) atoms. The van der Waals surface area contributed by atoms with Crippen LogP contribution in [0.3, 0.4) is 0 Å². The van der Waals surface area contributed by atoms with Gasteiger partial charge in [-0.25, -0.2) is 0 Å². The Morgan fingerprint density at radius 3 is 1.83 bits per heavy atom. The van der Waals surface area contributed by atoms with Crippen LogP contribution in [0.15, 0.2) is 35.2 Å². The summed E-state index contributed by atoms with van der Waals surface area (Å²) in [5.41, 5.74) is 0.0112. The van der Waals surface area contributed by atoms with E-state index in [1.165, 1.54) is 11.8 Å². The summed E-state index contributed by atoms with van der Waals surface area (Å²) in [6.07, 6.45) is 4.01. The maximum atomic E-state index is 12.0. The molecule has 0 aliphatic heterocycles. The Kier molecular flexibility index (Phi) is 4.71. The van der Waals surface area contributed by atoms with E-state index in [9.17, 15) is 30.3 Å². The third kappa shape index (κ3) is 3.19. The van der Waals surface area contributed by atoms with Crippen LogP contribution in [-0.2, 0) is 0 Å². The van der Waals surface area contributed by atoms with Crippen LogP contribution >= 0.6 is 11.8 Å². The molecule has 0 saturated heterocycles. The Morgan fingerprint density at radius 2 is 1.35 bits per heavy atom. The first-order chi connectivity index (χ1) is 10.9. The summed E-state index contributed by atoms with van der Waals surface area (Å²) >= 11 is 1.53. The predicted molar refractivity (Wildman–Crippen MR) is 86.4 cm³/mol. The van der Waals surface area contributed by atoms with Gasteiger partial charge in [0.25, 0.3) is 0 Å². The SMILES string of the molecule is CSc1ccc(C(=O)C=Cc2c(O)c(O)c(O)c(O)c2O)cc1. The van der Waals surface area contributed by atoms with Gasteiger partial charge in [-0.05, 0) is 42.7 Å². The maximum absolute atomic E-state index is 12.0. The highest BCUT2D eigenvalue weighted by Crippen LogP contribution is 2.51. The van der Waals surface area contributed by atoms with Gasteiger partial charge < -0.3 is 25.5 Å². The monoisotopic (exact) mass is 334 g/mol. The van der Waals surface area contributed by atoms with Crippen molar-refractivity contribution in [3.05, 3.63) is 41.5 Å². The molecule has 0 heterocycles. The predicted octanol–water partition coefficient (Wildman–Crippen LogP) is 2.83. The second kappa shape index (κ2) is 6.53. The number of rotatable bonds is 4. The van der Waals surface area contributed by atoms with Crippen molar-refractivity contribution in [3.63, 3.8) is 0 Å². The molecule has 0 atom stereocenters. The minimum absolute atomic E-state index is 0.383. The van der Waals surface area contributed by atoms with E-state index in [1.54, 1.807) is 24.3 Å². The number of aromatic hydroxyl groups is 5. The fourth-order valence-electron chi connectivity index (χ4n) is 1.87. The van der Waals surface area contributed by atoms with Crippen LogP contribution in [0, 0.1) is 0 Å². The summed E-state index contributed by atoms with van der Waals surface area (Å²) in [7, 11) is 0. The van der Waals surface area contributed by atoms with Gasteiger partial charge in [-0.3, -0.25) is 4.79 Å². The van der Waals surface area contributed by atoms with E-state index < -0.39 is 34.5 Å². The Morgan fingerprint density at radius 1 is 0.870 bits per heavy atom. The lowest BCUT2D eigenvalue weighted by Gasteiger charge is -2.09. The van der Waals surface area contributed by atoms with Gasteiger partial charge in [0.1, 0.15) is 0 Å². The lowest BCUT2D eigenvalue weighted by atomic mass is 10.1. The van der Waals surface area contributed by atoms with Crippen LogP contribution in [0.1, 0.15) is 15.9 Å². The van der Waals surface area contributed by atoms with Crippen LogP contribution in [0.4, 0.5) is 0 Å². The van der Waals surface area contributed by atoms with Crippen molar-refractivity contribution >= 4 is 23.6 Å². The standard InChI is InChI=1S/C16H14O6S/c1-23-9-4-2-8(3-5-9)11(17)7-6-10-12(18)14(20)16(22)15(21)13(10)19/h2-7,18-22H,1H3. The largest absolute Gasteiger partial charge is 0.504 e. The van der Waals surface area contributed by atoms with Crippen LogP contribution in [0.5, 0.6) is 28.7 Å². The molecule has 7 heteroatoms. The van der Waals surface area contributed by atoms with Crippen molar-refractivity contribution in [2.24, 2.45) is 0 Å².